The predicted molar refractivity (Wildman–Crippen MR) is 94.9 cm³/mol. The van der Waals surface area contributed by atoms with Crippen molar-refractivity contribution in [3.63, 3.8) is 0 Å². The number of nitrogens with zero attached hydrogens (tertiary/aromatic N) is 1. The van der Waals surface area contributed by atoms with E-state index in [-0.39, 0.29) is 5.92 Å². The molecular weight excluding hydrogens is 315 g/mol. The lowest BCUT2D eigenvalue weighted by Crippen LogP contribution is -2.15. The quantitative estimate of drug-likeness (QED) is 0.732. The Morgan fingerprint density at radius 3 is 2.41 bits per heavy atom. The minimum absolute atomic E-state index is 0.184. The summed E-state index contributed by atoms with van der Waals surface area (Å²) in [5.74, 6) is 0.184. The summed E-state index contributed by atoms with van der Waals surface area (Å²) in [4.78, 5) is 0. The van der Waals surface area contributed by atoms with E-state index in [9.17, 15) is 0 Å². The van der Waals surface area contributed by atoms with Crippen LogP contribution in [0.4, 0.5) is 0 Å². The molecule has 2 aromatic carbocycles. The van der Waals surface area contributed by atoms with Gasteiger partial charge in [0.15, 0.2) is 0 Å². The lowest BCUT2D eigenvalue weighted by atomic mass is 9.91. The molecule has 1 unspecified atom stereocenters. The van der Waals surface area contributed by atoms with E-state index in [1.165, 1.54) is 16.5 Å². The van der Waals surface area contributed by atoms with Gasteiger partial charge in [-0.25, -0.2) is 0 Å². The van der Waals surface area contributed by atoms with Crippen molar-refractivity contribution < 1.29 is 0 Å². The molecule has 0 bridgehead atoms. The van der Waals surface area contributed by atoms with Gasteiger partial charge in [-0.1, -0.05) is 47.5 Å². The van der Waals surface area contributed by atoms with Crippen molar-refractivity contribution in [2.75, 3.05) is 6.54 Å². The Hall–Kier alpha value is -1.48. The molecule has 1 atom stereocenters. The van der Waals surface area contributed by atoms with E-state index in [0.717, 1.165) is 12.0 Å². The van der Waals surface area contributed by atoms with E-state index >= 15 is 0 Å². The van der Waals surface area contributed by atoms with Gasteiger partial charge in [-0.05, 0) is 42.3 Å². The van der Waals surface area contributed by atoms with Gasteiger partial charge in [-0.2, -0.15) is 0 Å². The maximum Gasteiger partial charge on any atom is 0.0480 e. The van der Waals surface area contributed by atoms with Gasteiger partial charge >= 0.3 is 0 Å². The highest BCUT2D eigenvalue weighted by Crippen LogP contribution is 2.33. The number of aromatic nitrogens is 1. The fourth-order valence-electron chi connectivity index (χ4n) is 2.99. The molecule has 0 amide bonds. The number of hydrogen-bond acceptors (Lipinski definition) is 1. The molecule has 3 rings (SSSR count). The predicted octanol–water partition coefficient (Wildman–Crippen LogP) is 4.77. The molecule has 0 aliphatic heterocycles. The third-order valence-electron chi connectivity index (χ3n) is 4.16. The summed E-state index contributed by atoms with van der Waals surface area (Å²) in [7, 11) is 2.06. The minimum Gasteiger partial charge on any atom is -0.350 e. The number of aryl methyl sites for hydroxylation is 1. The van der Waals surface area contributed by atoms with Gasteiger partial charge < -0.3 is 10.3 Å². The molecule has 4 heteroatoms. The Kier molecular flexibility index (Phi) is 4.44. The number of halogens is 2. The van der Waals surface area contributed by atoms with Crippen LogP contribution in [0.1, 0.15) is 17.0 Å². The molecule has 0 aliphatic carbocycles. The van der Waals surface area contributed by atoms with Gasteiger partial charge in [-0.15, -0.1) is 0 Å². The lowest BCUT2D eigenvalue weighted by molar-refractivity contribution is 0.696. The van der Waals surface area contributed by atoms with Crippen molar-refractivity contribution in [2.24, 2.45) is 12.8 Å². The van der Waals surface area contributed by atoms with Crippen LogP contribution in [0.3, 0.4) is 0 Å². The molecule has 1 heterocycles. The Bertz CT molecular complexity index is 788. The zero-order valence-electron chi connectivity index (χ0n) is 12.4. The molecule has 22 heavy (non-hydrogen) atoms. The minimum atomic E-state index is 0.184. The maximum atomic E-state index is 6.31. The maximum absolute atomic E-state index is 6.31. The number of fused-ring (bicyclic) bond motifs is 1. The molecule has 1 aromatic heterocycles. The van der Waals surface area contributed by atoms with Gasteiger partial charge in [0.2, 0.25) is 0 Å². The molecule has 114 valence electrons. The largest absolute Gasteiger partial charge is 0.350 e. The molecule has 2 N–H and O–H groups in total. The van der Waals surface area contributed by atoms with Crippen molar-refractivity contribution >= 4 is 34.1 Å². The first kappa shape index (κ1) is 15.4. The number of hydrogen-bond donors (Lipinski definition) is 1. The van der Waals surface area contributed by atoms with Crippen molar-refractivity contribution in [1.82, 2.24) is 4.57 Å². The number of benzene rings is 2. The van der Waals surface area contributed by atoms with Crippen LogP contribution < -0.4 is 5.73 Å². The highest BCUT2D eigenvalue weighted by atomic mass is 35.5. The van der Waals surface area contributed by atoms with Crippen molar-refractivity contribution in [1.29, 1.82) is 0 Å². The van der Waals surface area contributed by atoms with Crippen LogP contribution in [0.5, 0.6) is 0 Å². The van der Waals surface area contributed by atoms with Crippen molar-refractivity contribution in [2.45, 2.75) is 12.3 Å². The molecule has 0 fully saturated rings. The normalized spacial score (nSPS) is 12.7. The Labute approximate surface area is 140 Å². The van der Waals surface area contributed by atoms with Gasteiger partial charge in [-0.3, -0.25) is 0 Å². The summed E-state index contributed by atoms with van der Waals surface area (Å²) in [6, 6.07) is 14.0. The average Bonchev–Trinajstić information content (AvgIpc) is 2.85. The molecule has 0 spiro atoms. The molecule has 2 nitrogen and oxygen atoms in total. The first-order valence-electron chi connectivity index (χ1n) is 7.28. The topological polar surface area (TPSA) is 30.9 Å². The van der Waals surface area contributed by atoms with Crippen LogP contribution in [0.25, 0.3) is 10.9 Å². The zero-order chi connectivity index (χ0) is 15.7. The van der Waals surface area contributed by atoms with Crippen LogP contribution in [-0.4, -0.2) is 11.1 Å². The zero-order valence-corrected chi connectivity index (χ0v) is 13.9. The first-order valence-corrected chi connectivity index (χ1v) is 8.04. The van der Waals surface area contributed by atoms with Gasteiger partial charge in [0, 0.05) is 40.1 Å². The van der Waals surface area contributed by atoms with Gasteiger partial charge in [0.05, 0.1) is 0 Å². The Balaban J connectivity index is 2.04. The van der Waals surface area contributed by atoms with Crippen LogP contribution in [0, 0.1) is 0 Å². The standard InChI is InChI=1S/C18H18Cl2N2/c1-22-11-15(13-5-2-3-8-18(13)22)12(10-21)9-14-16(19)6-4-7-17(14)20/h2-8,11-12H,9-10,21H2,1H3. The van der Waals surface area contributed by atoms with Crippen LogP contribution in [-0.2, 0) is 13.5 Å². The highest BCUT2D eigenvalue weighted by molar-refractivity contribution is 6.36. The van der Waals surface area contributed by atoms with Crippen LogP contribution in [0.2, 0.25) is 10.0 Å². The third-order valence-corrected chi connectivity index (χ3v) is 4.87. The van der Waals surface area contributed by atoms with E-state index in [4.69, 9.17) is 28.9 Å². The smallest absolute Gasteiger partial charge is 0.0480 e. The summed E-state index contributed by atoms with van der Waals surface area (Å²) in [6.07, 6.45) is 2.90. The summed E-state index contributed by atoms with van der Waals surface area (Å²) < 4.78 is 2.14. The molecule has 0 saturated carbocycles. The monoisotopic (exact) mass is 332 g/mol. The summed E-state index contributed by atoms with van der Waals surface area (Å²) in [6.45, 7) is 0.551. The SMILES string of the molecule is Cn1cc(C(CN)Cc2c(Cl)cccc2Cl)c2ccccc21. The second-order valence-electron chi connectivity index (χ2n) is 5.55. The molecule has 0 saturated heterocycles. The molecule has 3 aromatic rings. The van der Waals surface area contributed by atoms with E-state index in [1.54, 1.807) is 0 Å². The molecular formula is C18H18Cl2N2. The third kappa shape index (κ3) is 2.74. The van der Waals surface area contributed by atoms with Crippen molar-refractivity contribution in [3.8, 4) is 0 Å². The van der Waals surface area contributed by atoms with Gasteiger partial charge in [0.1, 0.15) is 0 Å². The summed E-state index contributed by atoms with van der Waals surface area (Å²) >= 11 is 12.6. The van der Waals surface area contributed by atoms with E-state index in [0.29, 0.717) is 16.6 Å². The second kappa shape index (κ2) is 6.33. The fourth-order valence-corrected chi connectivity index (χ4v) is 3.54. The van der Waals surface area contributed by atoms with Crippen LogP contribution >= 0.6 is 23.2 Å². The highest BCUT2D eigenvalue weighted by Gasteiger charge is 2.19. The lowest BCUT2D eigenvalue weighted by Gasteiger charge is -2.16. The number of nitrogens with two attached hydrogens (primary N) is 1. The van der Waals surface area contributed by atoms with Gasteiger partial charge in [0.25, 0.3) is 0 Å². The number of para-hydroxylation sites is 1. The Morgan fingerprint density at radius 1 is 1.05 bits per heavy atom. The van der Waals surface area contributed by atoms with E-state index in [1.807, 2.05) is 18.2 Å². The second-order valence-corrected chi connectivity index (χ2v) is 6.36. The van der Waals surface area contributed by atoms with Crippen LogP contribution in [0.15, 0.2) is 48.7 Å². The van der Waals surface area contributed by atoms with Crippen molar-refractivity contribution in [3.05, 3.63) is 69.8 Å². The molecule has 0 aliphatic rings. The average molecular weight is 333 g/mol. The van der Waals surface area contributed by atoms with E-state index < -0.39 is 0 Å². The Morgan fingerprint density at radius 2 is 1.73 bits per heavy atom. The summed E-state index contributed by atoms with van der Waals surface area (Å²) in [5.41, 5.74) is 9.48. The fraction of sp³-hybridized carbons (Fsp3) is 0.222. The first-order chi connectivity index (χ1) is 10.6. The summed E-state index contributed by atoms with van der Waals surface area (Å²) in [5, 5.41) is 2.64. The number of rotatable bonds is 4. The molecule has 0 radical (unpaired) electrons. The van der Waals surface area contributed by atoms with E-state index in [2.05, 4.69) is 42.1 Å².